The van der Waals surface area contributed by atoms with Crippen molar-refractivity contribution in [3.05, 3.63) is 28.8 Å². The molecule has 0 unspecified atom stereocenters. The SMILES string of the molecule is CN(C)S(=O)(=O)c1ccc(Cl)c(C(=O)OCC2CCCCC2)c1. The fourth-order valence-electron chi connectivity index (χ4n) is 2.66. The second-order valence-electron chi connectivity index (χ2n) is 6.03. The van der Waals surface area contributed by atoms with E-state index in [1.54, 1.807) is 0 Å². The zero-order valence-corrected chi connectivity index (χ0v) is 15.0. The zero-order chi connectivity index (χ0) is 17.0. The first-order valence-electron chi connectivity index (χ1n) is 7.71. The van der Waals surface area contributed by atoms with Crippen molar-refractivity contribution >= 4 is 27.6 Å². The molecule has 0 radical (unpaired) electrons. The number of rotatable bonds is 5. The summed E-state index contributed by atoms with van der Waals surface area (Å²) >= 11 is 6.03. The molecular formula is C16H22ClNO4S. The van der Waals surface area contributed by atoms with Gasteiger partial charge >= 0.3 is 5.97 Å². The van der Waals surface area contributed by atoms with Crippen LogP contribution in [-0.4, -0.2) is 39.4 Å². The van der Waals surface area contributed by atoms with Crippen LogP contribution in [0.1, 0.15) is 42.5 Å². The van der Waals surface area contributed by atoms with Gasteiger partial charge in [0.2, 0.25) is 10.0 Å². The summed E-state index contributed by atoms with van der Waals surface area (Å²) in [6.07, 6.45) is 5.70. The summed E-state index contributed by atoms with van der Waals surface area (Å²) in [6.45, 7) is 0.361. The molecule has 7 heteroatoms. The van der Waals surface area contributed by atoms with Gasteiger partial charge in [-0.05, 0) is 37.0 Å². The first-order valence-corrected chi connectivity index (χ1v) is 9.53. The Morgan fingerprint density at radius 3 is 2.52 bits per heavy atom. The number of benzene rings is 1. The number of carbonyl (C=O) groups is 1. The number of ether oxygens (including phenoxy) is 1. The number of nitrogens with zero attached hydrogens (tertiary/aromatic N) is 1. The molecule has 1 fully saturated rings. The predicted octanol–water partition coefficient (Wildman–Crippen LogP) is 3.33. The van der Waals surface area contributed by atoms with E-state index in [1.807, 2.05) is 0 Å². The van der Waals surface area contributed by atoms with E-state index in [2.05, 4.69) is 0 Å². The molecule has 1 aliphatic rings. The minimum absolute atomic E-state index is 0.0246. The van der Waals surface area contributed by atoms with E-state index in [9.17, 15) is 13.2 Å². The Balaban J connectivity index is 2.13. The van der Waals surface area contributed by atoms with Crippen molar-refractivity contribution in [2.24, 2.45) is 5.92 Å². The third-order valence-corrected chi connectivity index (χ3v) is 6.25. The second kappa shape index (κ2) is 7.64. The molecule has 1 aromatic rings. The lowest BCUT2D eigenvalue weighted by molar-refractivity contribution is 0.0410. The van der Waals surface area contributed by atoms with Gasteiger partial charge < -0.3 is 4.74 Å². The predicted molar refractivity (Wildman–Crippen MR) is 89.2 cm³/mol. The number of halogens is 1. The van der Waals surface area contributed by atoms with Gasteiger partial charge in [-0.1, -0.05) is 30.9 Å². The van der Waals surface area contributed by atoms with Crippen LogP contribution in [0.15, 0.2) is 23.1 Å². The van der Waals surface area contributed by atoms with Gasteiger partial charge in [0.25, 0.3) is 0 Å². The minimum Gasteiger partial charge on any atom is -0.462 e. The van der Waals surface area contributed by atoms with Crippen LogP contribution >= 0.6 is 11.6 Å². The highest BCUT2D eigenvalue weighted by Gasteiger charge is 2.22. The van der Waals surface area contributed by atoms with E-state index in [1.165, 1.54) is 51.6 Å². The van der Waals surface area contributed by atoms with Crippen LogP contribution in [0.25, 0.3) is 0 Å². The van der Waals surface area contributed by atoms with Gasteiger partial charge in [-0.3, -0.25) is 0 Å². The molecule has 0 spiro atoms. The Hall–Kier alpha value is -1.11. The van der Waals surface area contributed by atoms with Crippen molar-refractivity contribution < 1.29 is 17.9 Å². The molecule has 0 amide bonds. The Morgan fingerprint density at radius 2 is 1.91 bits per heavy atom. The number of sulfonamides is 1. The smallest absolute Gasteiger partial charge is 0.339 e. The van der Waals surface area contributed by atoms with E-state index >= 15 is 0 Å². The van der Waals surface area contributed by atoms with Gasteiger partial charge in [-0.2, -0.15) is 0 Å². The van der Waals surface area contributed by atoms with Gasteiger partial charge in [0, 0.05) is 14.1 Å². The Kier molecular flexibility index (Phi) is 6.06. The third-order valence-electron chi connectivity index (χ3n) is 4.11. The third kappa shape index (κ3) is 4.46. The number of esters is 1. The highest BCUT2D eigenvalue weighted by Crippen LogP contribution is 2.26. The highest BCUT2D eigenvalue weighted by atomic mass is 35.5. The van der Waals surface area contributed by atoms with Gasteiger partial charge in [-0.25, -0.2) is 17.5 Å². The molecule has 0 N–H and O–H groups in total. The van der Waals surface area contributed by atoms with E-state index < -0.39 is 16.0 Å². The Morgan fingerprint density at radius 1 is 1.26 bits per heavy atom. The van der Waals surface area contributed by atoms with Crippen molar-refractivity contribution in [2.75, 3.05) is 20.7 Å². The average molecular weight is 360 g/mol. The molecule has 1 aliphatic carbocycles. The topological polar surface area (TPSA) is 63.7 Å². The molecule has 1 saturated carbocycles. The van der Waals surface area contributed by atoms with Gasteiger partial charge in [-0.15, -0.1) is 0 Å². The molecule has 0 saturated heterocycles. The lowest BCUT2D eigenvalue weighted by Crippen LogP contribution is -2.23. The summed E-state index contributed by atoms with van der Waals surface area (Å²) in [5.74, 6) is -0.184. The Labute approximate surface area is 142 Å². The van der Waals surface area contributed by atoms with Gasteiger partial charge in [0.1, 0.15) is 0 Å². The van der Waals surface area contributed by atoms with Gasteiger partial charge in [0.05, 0.1) is 22.1 Å². The summed E-state index contributed by atoms with van der Waals surface area (Å²) in [4.78, 5) is 12.3. The fourth-order valence-corrected chi connectivity index (χ4v) is 3.78. The standard InChI is InChI=1S/C16H22ClNO4S/c1-18(2)23(20,21)13-8-9-15(17)14(10-13)16(19)22-11-12-6-4-3-5-7-12/h8-10,12H,3-7,11H2,1-2H3. The maximum atomic E-state index is 12.2. The molecule has 128 valence electrons. The van der Waals surface area contributed by atoms with E-state index in [-0.39, 0.29) is 15.5 Å². The van der Waals surface area contributed by atoms with E-state index in [4.69, 9.17) is 16.3 Å². The monoisotopic (exact) mass is 359 g/mol. The highest BCUT2D eigenvalue weighted by molar-refractivity contribution is 7.89. The number of hydrogen-bond donors (Lipinski definition) is 0. The average Bonchev–Trinajstić information content (AvgIpc) is 2.53. The Bertz CT molecular complexity index is 667. The summed E-state index contributed by atoms with van der Waals surface area (Å²) in [5.41, 5.74) is 0.0883. The van der Waals surface area contributed by atoms with Crippen LogP contribution in [0, 0.1) is 5.92 Å². The number of carbonyl (C=O) groups excluding carboxylic acids is 1. The van der Waals surface area contributed by atoms with Crippen LogP contribution in [0.5, 0.6) is 0 Å². The molecule has 5 nitrogen and oxygen atoms in total. The van der Waals surface area contributed by atoms with Crippen molar-refractivity contribution in [3.63, 3.8) is 0 Å². The molecule has 0 heterocycles. The summed E-state index contributed by atoms with van der Waals surface area (Å²) in [5, 5.41) is 0.191. The van der Waals surface area contributed by atoms with Crippen LogP contribution in [0.4, 0.5) is 0 Å². The molecule has 0 aromatic heterocycles. The molecule has 1 aromatic carbocycles. The molecule has 2 rings (SSSR count). The summed E-state index contributed by atoms with van der Waals surface area (Å²) in [7, 11) is -0.747. The normalized spacial score (nSPS) is 16.5. The van der Waals surface area contributed by atoms with E-state index in [0.717, 1.165) is 17.1 Å². The van der Waals surface area contributed by atoms with Crippen molar-refractivity contribution in [2.45, 2.75) is 37.0 Å². The largest absolute Gasteiger partial charge is 0.462 e. The maximum Gasteiger partial charge on any atom is 0.339 e. The zero-order valence-electron chi connectivity index (χ0n) is 13.4. The van der Waals surface area contributed by atoms with Crippen LogP contribution in [0.2, 0.25) is 5.02 Å². The molecule has 0 atom stereocenters. The fraction of sp³-hybridized carbons (Fsp3) is 0.562. The summed E-state index contributed by atoms with van der Waals surface area (Å²) < 4.78 is 30.7. The molecule has 23 heavy (non-hydrogen) atoms. The van der Waals surface area contributed by atoms with Crippen molar-refractivity contribution in [3.8, 4) is 0 Å². The lowest BCUT2D eigenvalue weighted by Gasteiger charge is -2.21. The number of hydrogen-bond acceptors (Lipinski definition) is 4. The van der Waals surface area contributed by atoms with Crippen molar-refractivity contribution in [1.82, 2.24) is 4.31 Å². The van der Waals surface area contributed by atoms with Crippen LogP contribution < -0.4 is 0 Å². The molecule has 0 aliphatic heterocycles. The maximum absolute atomic E-state index is 12.2. The molecule has 0 bridgehead atoms. The quantitative estimate of drug-likeness (QED) is 0.756. The van der Waals surface area contributed by atoms with Crippen LogP contribution in [-0.2, 0) is 14.8 Å². The van der Waals surface area contributed by atoms with E-state index in [0.29, 0.717) is 12.5 Å². The van der Waals surface area contributed by atoms with Gasteiger partial charge in [0.15, 0.2) is 0 Å². The summed E-state index contributed by atoms with van der Waals surface area (Å²) in [6, 6.07) is 4.07. The lowest BCUT2D eigenvalue weighted by atomic mass is 9.90. The first kappa shape index (κ1) is 18.2. The molecular weight excluding hydrogens is 338 g/mol. The minimum atomic E-state index is -3.62. The van der Waals surface area contributed by atoms with Crippen molar-refractivity contribution in [1.29, 1.82) is 0 Å². The first-order chi connectivity index (χ1) is 10.8. The van der Waals surface area contributed by atoms with Crippen LogP contribution in [0.3, 0.4) is 0 Å². The second-order valence-corrected chi connectivity index (χ2v) is 8.59.